The lowest BCUT2D eigenvalue weighted by atomic mass is 10.1. The van der Waals surface area contributed by atoms with Crippen molar-refractivity contribution < 1.29 is 15.0 Å². The molecule has 0 saturated carbocycles. The number of aliphatic carboxylic acids is 1. The van der Waals surface area contributed by atoms with Crippen LogP contribution in [0.3, 0.4) is 0 Å². The SMILES string of the molecule is CC(C)N(CCC(=O)O)Cc1cc(Cl)cc(Cl)c1O. The van der Waals surface area contributed by atoms with Crippen molar-refractivity contribution in [1.82, 2.24) is 4.90 Å². The van der Waals surface area contributed by atoms with Crippen LogP contribution >= 0.6 is 23.2 Å². The molecule has 2 N–H and O–H groups in total. The lowest BCUT2D eigenvalue weighted by molar-refractivity contribution is -0.137. The van der Waals surface area contributed by atoms with E-state index in [2.05, 4.69) is 0 Å². The van der Waals surface area contributed by atoms with Gasteiger partial charge in [-0.15, -0.1) is 0 Å². The molecular weight excluding hydrogens is 289 g/mol. The zero-order valence-corrected chi connectivity index (χ0v) is 12.4. The highest BCUT2D eigenvalue weighted by molar-refractivity contribution is 6.35. The number of phenolic OH excluding ortho intramolecular Hbond substituents is 1. The number of halogens is 2. The van der Waals surface area contributed by atoms with E-state index in [0.717, 1.165) is 0 Å². The molecule has 6 heteroatoms. The summed E-state index contributed by atoms with van der Waals surface area (Å²) >= 11 is 11.8. The van der Waals surface area contributed by atoms with Crippen LogP contribution < -0.4 is 0 Å². The summed E-state index contributed by atoms with van der Waals surface area (Å²) < 4.78 is 0. The second-order valence-electron chi connectivity index (χ2n) is 4.60. The van der Waals surface area contributed by atoms with Crippen molar-refractivity contribution in [3.05, 3.63) is 27.7 Å². The Morgan fingerprint density at radius 3 is 2.53 bits per heavy atom. The average molecular weight is 306 g/mol. The van der Waals surface area contributed by atoms with Gasteiger partial charge in [-0.3, -0.25) is 9.69 Å². The third-order valence-corrected chi connectivity index (χ3v) is 3.33. The van der Waals surface area contributed by atoms with Crippen LogP contribution in [0.1, 0.15) is 25.8 Å². The highest BCUT2D eigenvalue weighted by Gasteiger charge is 2.15. The number of hydrogen-bond acceptors (Lipinski definition) is 3. The van der Waals surface area contributed by atoms with Gasteiger partial charge in [0.2, 0.25) is 0 Å². The normalized spacial score (nSPS) is 11.3. The predicted molar refractivity (Wildman–Crippen MR) is 75.9 cm³/mol. The van der Waals surface area contributed by atoms with Crippen LogP contribution in [-0.4, -0.2) is 33.7 Å². The number of carboxylic acid groups (broad SMARTS) is 1. The molecule has 0 unspecified atom stereocenters. The van der Waals surface area contributed by atoms with Crippen LogP contribution in [0.2, 0.25) is 10.0 Å². The maximum Gasteiger partial charge on any atom is 0.304 e. The molecule has 0 aliphatic rings. The number of phenols is 1. The van der Waals surface area contributed by atoms with E-state index < -0.39 is 5.97 Å². The molecule has 0 saturated heterocycles. The van der Waals surface area contributed by atoms with Crippen molar-refractivity contribution in [2.45, 2.75) is 32.9 Å². The van der Waals surface area contributed by atoms with Crippen molar-refractivity contribution in [3.8, 4) is 5.75 Å². The van der Waals surface area contributed by atoms with Crippen LogP contribution in [0, 0.1) is 0 Å². The lowest BCUT2D eigenvalue weighted by Gasteiger charge is -2.26. The van der Waals surface area contributed by atoms with Crippen molar-refractivity contribution in [2.24, 2.45) is 0 Å². The monoisotopic (exact) mass is 305 g/mol. The summed E-state index contributed by atoms with van der Waals surface area (Å²) in [5, 5.41) is 19.3. The Bertz CT molecular complexity index is 463. The number of aromatic hydroxyl groups is 1. The Hall–Kier alpha value is -0.970. The number of nitrogens with zero attached hydrogens (tertiary/aromatic N) is 1. The third kappa shape index (κ3) is 4.90. The molecule has 1 aromatic carbocycles. The second-order valence-corrected chi connectivity index (χ2v) is 5.45. The van der Waals surface area contributed by atoms with E-state index in [0.29, 0.717) is 23.7 Å². The Labute approximate surface area is 122 Å². The second kappa shape index (κ2) is 6.98. The van der Waals surface area contributed by atoms with Crippen molar-refractivity contribution in [2.75, 3.05) is 6.54 Å². The van der Waals surface area contributed by atoms with Crippen LogP contribution in [0.25, 0.3) is 0 Å². The van der Waals surface area contributed by atoms with Gasteiger partial charge in [0.05, 0.1) is 11.4 Å². The number of carbonyl (C=O) groups is 1. The maximum atomic E-state index is 10.6. The average Bonchev–Trinajstić information content (AvgIpc) is 2.29. The first-order chi connectivity index (χ1) is 8.81. The summed E-state index contributed by atoms with van der Waals surface area (Å²) in [4.78, 5) is 12.6. The molecule has 0 bridgehead atoms. The maximum absolute atomic E-state index is 10.6. The highest BCUT2D eigenvalue weighted by atomic mass is 35.5. The molecule has 0 aliphatic heterocycles. The van der Waals surface area contributed by atoms with Gasteiger partial charge in [0.25, 0.3) is 0 Å². The highest BCUT2D eigenvalue weighted by Crippen LogP contribution is 2.32. The summed E-state index contributed by atoms with van der Waals surface area (Å²) in [6.45, 7) is 4.73. The molecule has 106 valence electrons. The standard InChI is InChI=1S/C13H17Cl2NO3/c1-8(2)16(4-3-12(17)18)7-9-5-10(14)6-11(15)13(9)19/h5-6,8,19H,3-4,7H2,1-2H3,(H,17,18). The smallest absolute Gasteiger partial charge is 0.304 e. The van der Waals surface area contributed by atoms with E-state index in [1.54, 1.807) is 6.07 Å². The molecule has 0 heterocycles. The molecule has 0 amide bonds. The zero-order valence-electron chi connectivity index (χ0n) is 10.9. The van der Waals surface area contributed by atoms with Gasteiger partial charge in [0.15, 0.2) is 0 Å². The van der Waals surface area contributed by atoms with E-state index in [4.69, 9.17) is 28.3 Å². The van der Waals surface area contributed by atoms with Gasteiger partial charge in [-0.1, -0.05) is 23.2 Å². The molecule has 1 aromatic rings. The van der Waals surface area contributed by atoms with Gasteiger partial charge in [-0.2, -0.15) is 0 Å². The first kappa shape index (κ1) is 16.1. The van der Waals surface area contributed by atoms with Gasteiger partial charge in [-0.25, -0.2) is 0 Å². The largest absolute Gasteiger partial charge is 0.506 e. The molecular formula is C13H17Cl2NO3. The summed E-state index contributed by atoms with van der Waals surface area (Å²) in [7, 11) is 0. The van der Waals surface area contributed by atoms with Crippen LogP contribution in [-0.2, 0) is 11.3 Å². The van der Waals surface area contributed by atoms with E-state index in [1.165, 1.54) is 6.07 Å². The first-order valence-electron chi connectivity index (χ1n) is 5.94. The zero-order chi connectivity index (χ0) is 14.6. The molecule has 4 nitrogen and oxygen atoms in total. The summed E-state index contributed by atoms with van der Waals surface area (Å²) in [6, 6.07) is 3.26. The van der Waals surface area contributed by atoms with E-state index >= 15 is 0 Å². The van der Waals surface area contributed by atoms with Crippen molar-refractivity contribution in [1.29, 1.82) is 0 Å². The molecule has 0 radical (unpaired) electrons. The van der Waals surface area contributed by atoms with Crippen molar-refractivity contribution in [3.63, 3.8) is 0 Å². The van der Waals surface area contributed by atoms with Crippen molar-refractivity contribution >= 4 is 29.2 Å². The van der Waals surface area contributed by atoms with Crippen LogP contribution in [0.5, 0.6) is 5.75 Å². The molecule has 19 heavy (non-hydrogen) atoms. The van der Waals surface area contributed by atoms with Gasteiger partial charge in [-0.05, 0) is 26.0 Å². The number of hydrogen-bond donors (Lipinski definition) is 2. The molecule has 0 aliphatic carbocycles. The van der Waals surface area contributed by atoms with Crippen LogP contribution in [0.15, 0.2) is 12.1 Å². The van der Waals surface area contributed by atoms with Crippen LogP contribution in [0.4, 0.5) is 0 Å². The fraction of sp³-hybridized carbons (Fsp3) is 0.462. The minimum absolute atomic E-state index is 0.00737. The Kier molecular flexibility index (Phi) is 5.91. The number of benzene rings is 1. The van der Waals surface area contributed by atoms with Gasteiger partial charge in [0.1, 0.15) is 5.75 Å². The Morgan fingerprint density at radius 2 is 2.00 bits per heavy atom. The summed E-state index contributed by atoms with van der Waals surface area (Å²) in [5.41, 5.74) is 0.594. The molecule has 1 rings (SSSR count). The fourth-order valence-electron chi connectivity index (χ4n) is 1.72. The van der Waals surface area contributed by atoms with Gasteiger partial charge in [0, 0.05) is 29.7 Å². The summed E-state index contributed by atoms with van der Waals surface area (Å²) in [5.74, 6) is -0.856. The third-order valence-electron chi connectivity index (χ3n) is 2.82. The minimum atomic E-state index is -0.848. The topological polar surface area (TPSA) is 60.8 Å². The quantitative estimate of drug-likeness (QED) is 0.846. The number of rotatable bonds is 6. The molecule has 0 fully saturated rings. The first-order valence-corrected chi connectivity index (χ1v) is 6.69. The predicted octanol–water partition coefficient (Wildman–Crippen LogP) is 3.38. The van der Waals surface area contributed by atoms with E-state index in [1.807, 2.05) is 18.7 Å². The molecule has 0 spiro atoms. The summed E-state index contributed by atoms with van der Waals surface area (Å²) in [6.07, 6.45) is 0.0488. The minimum Gasteiger partial charge on any atom is -0.506 e. The van der Waals surface area contributed by atoms with Gasteiger partial charge < -0.3 is 10.2 Å². The Balaban J connectivity index is 2.87. The fourth-order valence-corrected chi connectivity index (χ4v) is 2.25. The van der Waals surface area contributed by atoms with E-state index in [9.17, 15) is 9.90 Å². The Morgan fingerprint density at radius 1 is 1.37 bits per heavy atom. The lowest BCUT2D eigenvalue weighted by Crippen LogP contribution is -2.32. The molecule has 0 atom stereocenters. The number of carboxylic acids is 1. The molecule has 0 aromatic heterocycles. The van der Waals surface area contributed by atoms with E-state index in [-0.39, 0.29) is 23.2 Å². The van der Waals surface area contributed by atoms with Gasteiger partial charge >= 0.3 is 5.97 Å².